The molecule has 0 N–H and O–H groups in total. The van der Waals surface area contributed by atoms with Crippen molar-refractivity contribution in [2.24, 2.45) is 0 Å². The summed E-state index contributed by atoms with van der Waals surface area (Å²) < 4.78 is 1.67. The lowest BCUT2D eigenvalue weighted by Crippen LogP contribution is -2.50. The number of aromatic nitrogens is 2. The van der Waals surface area contributed by atoms with Crippen LogP contribution in [0.5, 0.6) is 0 Å². The molecular formula is C27H24Cl2N4O2. The van der Waals surface area contributed by atoms with E-state index in [1.54, 1.807) is 34.9 Å². The molecule has 1 fully saturated rings. The Morgan fingerprint density at radius 2 is 1.54 bits per heavy atom. The first-order valence-electron chi connectivity index (χ1n) is 11.5. The summed E-state index contributed by atoms with van der Waals surface area (Å²) in [6.07, 6.45) is 0. The highest BCUT2D eigenvalue weighted by atomic mass is 35.5. The lowest BCUT2D eigenvalue weighted by molar-refractivity contribution is 0.0573. The van der Waals surface area contributed by atoms with Crippen LogP contribution in [0.4, 0.5) is 0 Å². The van der Waals surface area contributed by atoms with Crippen LogP contribution in [0.1, 0.15) is 29.1 Å². The second-order valence-electron chi connectivity index (χ2n) is 8.59. The van der Waals surface area contributed by atoms with Crippen molar-refractivity contribution in [1.82, 2.24) is 19.4 Å². The van der Waals surface area contributed by atoms with Crippen LogP contribution in [0.3, 0.4) is 0 Å². The first-order chi connectivity index (χ1) is 16.9. The van der Waals surface area contributed by atoms with E-state index in [1.165, 1.54) is 0 Å². The number of piperazine rings is 1. The quantitative estimate of drug-likeness (QED) is 0.381. The van der Waals surface area contributed by atoms with E-state index >= 15 is 0 Å². The molecule has 1 aromatic heterocycles. The Labute approximate surface area is 213 Å². The third kappa shape index (κ3) is 4.57. The molecule has 8 heteroatoms. The number of halogens is 2. The van der Waals surface area contributed by atoms with Crippen LogP contribution in [0.2, 0.25) is 10.0 Å². The van der Waals surface area contributed by atoms with Crippen LogP contribution < -0.4 is 5.56 Å². The number of carbonyl (C=O) groups is 1. The predicted molar refractivity (Wildman–Crippen MR) is 140 cm³/mol. The number of fused-ring (bicyclic) bond motifs is 1. The van der Waals surface area contributed by atoms with E-state index in [4.69, 9.17) is 28.2 Å². The van der Waals surface area contributed by atoms with Gasteiger partial charge in [-0.25, -0.2) is 4.98 Å². The number of benzene rings is 3. The molecule has 35 heavy (non-hydrogen) atoms. The SMILES string of the molecule is CC(c1nc2ccccc2c(=O)n1-c1ccc(Cl)cc1)N1CCN(C(=O)c2ccccc2Cl)CC1. The summed E-state index contributed by atoms with van der Waals surface area (Å²) in [7, 11) is 0. The molecule has 1 unspecified atom stereocenters. The molecule has 1 saturated heterocycles. The van der Waals surface area contributed by atoms with Gasteiger partial charge in [0, 0.05) is 31.2 Å². The average molecular weight is 507 g/mol. The Kier molecular flexibility index (Phi) is 6.60. The monoisotopic (exact) mass is 506 g/mol. The maximum Gasteiger partial charge on any atom is 0.266 e. The van der Waals surface area contributed by atoms with E-state index in [0.29, 0.717) is 64.2 Å². The molecule has 1 amide bonds. The predicted octanol–water partition coefficient (Wildman–Crippen LogP) is 5.21. The molecule has 4 aromatic rings. The van der Waals surface area contributed by atoms with E-state index in [2.05, 4.69) is 11.8 Å². The summed E-state index contributed by atoms with van der Waals surface area (Å²) in [4.78, 5) is 35.5. The van der Waals surface area contributed by atoms with Crippen molar-refractivity contribution in [3.8, 4) is 5.69 Å². The summed E-state index contributed by atoms with van der Waals surface area (Å²) >= 11 is 12.3. The number of para-hydroxylation sites is 1. The van der Waals surface area contributed by atoms with Gasteiger partial charge in [0.15, 0.2) is 0 Å². The number of carbonyl (C=O) groups excluding carboxylic acids is 1. The van der Waals surface area contributed by atoms with Crippen LogP contribution in [0.15, 0.2) is 77.6 Å². The average Bonchev–Trinajstić information content (AvgIpc) is 2.89. The fourth-order valence-corrected chi connectivity index (χ4v) is 4.89. The molecule has 0 saturated carbocycles. The Balaban J connectivity index is 1.45. The maximum absolute atomic E-state index is 13.6. The van der Waals surface area contributed by atoms with Crippen LogP contribution in [-0.2, 0) is 0 Å². The summed E-state index contributed by atoms with van der Waals surface area (Å²) in [5.74, 6) is 0.590. The molecule has 0 bridgehead atoms. The minimum Gasteiger partial charge on any atom is -0.336 e. The highest BCUT2D eigenvalue weighted by Crippen LogP contribution is 2.25. The number of hydrogen-bond acceptors (Lipinski definition) is 4. The smallest absolute Gasteiger partial charge is 0.266 e. The molecule has 5 rings (SSSR count). The van der Waals surface area contributed by atoms with Gasteiger partial charge in [-0.3, -0.25) is 19.1 Å². The van der Waals surface area contributed by atoms with Crippen LogP contribution in [0, 0.1) is 0 Å². The number of amides is 1. The summed E-state index contributed by atoms with van der Waals surface area (Å²) in [6.45, 7) is 4.48. The third-order valence-electron chi connectivity index (χ3n) is 6.51. The topological polar surface area (TPSA) is 58.4 Å². The van der Waals surface area contributed by atoms with E-state index in [9.17, 15) is 9.59 Å². The van der Waals surface area contributed by atoms with Gasteiger partial charge >= 0.3 is 0 Å². The Bertz CT molecular complexity index is 1440. The van der Waals surface area contributed by atoms with Crippen LogP contribution >= 0.6 is 23.2 Å². The van der Waals surface area contributed by atoms with Crippen molar-refractivity contribution in [3.05, 3.63) is 105 Å². The van der Waals surface area contributed by atoms with Crippen molar-refractivity contribution in [3.63, 3.8) is 0 Å². The van der Waals surface area contributed by atoms with Crippen molar-refractivity contribution in [2.75, 3.05) is 26.2 Å². The summed E-state index contributed by atoms with van der Waals surface area (Å²) in [5, 5.41) is 1.62. The molecule has 3 aromatic carbocycles. The van der Waals surface area contributed by atoms with Crippen LogP contribution in [-0.4, -0.2) is 51.4 Å². The van der Waals surface area contributed by atoms with Gasteiger partial charge in [0.05, 0.1) is 33.2 Å². The van der Waals surface area contributed by atoms with E-state index < -0.39 is 0 Å². The largest absolute Gasteiger partial charge is 0.336 e. The lowest BCUT2D eigenvalue weighted by Gasteiger charge is -2.38. The lowest BCUT2D eigenvalue weighted by atomic mass is 10.1. The minimum absolute atomic E-state index is 0.0650. The first kappa shape index (κ1) is 23.5. The summed E-state index contributed by atoms with van der Waals surface area (Å²) in [6, 6.07) is 21.5. The second-order valence-corrected chi connectivity index (χ2v) is 9.43. The number of hydrogen-bond donors (Lipinski definition) is 0. The normalized spacial score (nSPS) is 15.3. The number of rotatable bonds is 4. The molecule has 0 aliphatic carbocycles. The zero-order valence-corrected chi connectivity index (χ0v) is 20.7. The fourth-order valence-electron chi connectivity index (χ4n) is 4.55. The van der Waals surface area contributed by atoms with Gasteiger partial charge < -0.3 is 4.90 Å². The first-order valence-corrected chi connectivity index (χ1v) is 12.2. The maximum atomic E-state index is 13.6. The molecule has 6 nitrogen and oxygen atoms in total. The standard InChI is InChI=1S/C27H24Cl2N4O2/c1-18(31-14-16-32(17-15-31)26(34)21-6-2-4-8-23(21)29)25-30-24-9-5-3-7-22(24)27(35)33(25)20-12-10-19(28)11-13-20/h2-13,18H,14-17H2,1H3. The highest BCUT2D eigenvalue weighted by molar-refractivity contribution is 6.33. The fraction of sp³-hybridized carbons (Fsp3) is 0.222. The van der Waals surface area contributed by atoms with Gasteiger partial charge in [0.25, 0.3) is 11.5 Å². The van der Waals surface area contributed by atoms with Crippen molar-refractivity contribution in [1.29, 1.82) is 0 Å². The van der Waals surface area contributed by atoms with Crippen molar-refractivity contribution in [2.45, 2.75) is 13.0 Å². The Morgan fingerprint density at radius 1 is 0.886 bits per heavy atom. The van der Waals surface area contributed by atoms with E-state index in [-0.39, 0.29) is 17.5 Å². The van der Waals surface area contributed by atoms with Gasteiger partial charge in [0.1, 0.15) is 5.82 Å². The molecule has 0 spiro atoms. The van der Waals surface area contributed by atoms with E-state index in [1.807, 2.05) is 47.4 Å². The molecule has 178 valence electrons. The molecule has 1 aliphatic rings. The number of nitrogens with zero attached hydrogens (tertiary/aromatic N) is 4. The second kappa shape index (κ2) is 9.82. The molecule has 1 aliphatic heterocycles. The molecule has 0 radical (unpaired) electrons. The highest BCUT2D eigenvalue weighted by Gasteiger charge is 2.29. The van der Waals surface area contributed by atoms with Gasteiger partial charge in [0.2, 0.25) is 0 Å². The molecule has 2 heterocycles. The van der Waals surface area contributed by atoms with Gasteiger partial charge in [-0.05, 0) is 55.5 Å². The van der Waals surface area contributed by atoms with Crippen molar-refractivity contribution < 1.29 is 4.79 Å². The Morgan fingerprint density at radius 3 is 2.26 bits per heavy atom. The van der Waals surface area contributed by atoms with Gasteiger partial charge in [-0.15, -0.1) is 0 Å². The summed E-state index contributed by atoms with van der Waals surface area (Å²) in [5.41, 5.74) is 1.78. The zero-order chi connectivity index (χ0) is 24.5. The Hall–Kier alpha value is -3.19. The van der Waals surface area contributed by atoms with Gasteiger partial charge in [-0.2, -0.15) is 0 Å². The zero-order valence-electron chi connectivity index (χ0n) is 19.2. The van der Waals surface area contributed by atoms with Gasteiger partial charge in [-0.1, -0.05) is 47.5 Å². The van der Waals surface area contributed by atoms with Crippen LogP contribution in [0.25, 0.3) is 16.6 Å². The minimum atomic E-state index is -0.152. The molecule has 1 atom stereocenters. The van der Waals surface area contributed by atoms with E-state index in [0.717, 1.165) is 0 Å². The van der Waals surface area contributed by atoms with Crippen molar-refractivity contribution >= 4 is 40.0 Å². The third-order valence-corrected chi connectivity index (χ3v) is 7.10. The molecular weight excluding hydrogens is 483 g/mol.